The Labute approximate surface area is 173 Å². The second-order valence-electron chi connectivity index (χ2n) is 6.31. The van der Waals surface area contributed by atoms with Crippen molar-refractivity contribution in [3.05, 3.63) is 67.8 Å². The fourth-order valence-electron chi connectivity index (χ4n) is 2.88. The first-order valence-electron chi connectivity index (χ1n) is 8.15. The fraction of sp³-hybridized carbons (Fsp3) is 0.167. The molecule has 0 saturated carbocycles. The van der Waals surface area contributed by atoms with Crippen LogP contribution >= 0.6 is 22.6 Å². The van der Waals surface area contributed by atoms with E-state index in [1.165, 1.54) is 31.2 Å². The normalized spacial score (nSPS) is 18.7. The van der Waals surface area contributed by atoms with Crippen LogP contribution in [0.3, 0.4) is 0 Å². The van der Waals surface area contributed by atoms with E-state index in [4.69, 9.17) is 0 Å². The number of amides is 4. The van der Waals surface area contributed by atoms with Crippen LogP contribution in [-0.4, -0.2) is 34.2 Å². The van der Waals surface area contributed by atoms with Gasteiger partial charge in [-0.2, -0.15) is 0 Å². The zero-order chi connectivity index (χ0) is 20.5. The molecular formula is C18H15IN4O5. The van der Waals surface area contributed by atoms with Gasteiger partial charge in [0.15, 0.2) is 0 Å². The monoisotopic (exact) mass is 494 g/mol. The molecule has 2 aromatic rings. The Bertz CT molecular complexity index is 995. The van der Waals surface area contributed by atoms with Gasteiger partial charge in [-0.1, -0.05) is 18.2 Å². The molecule has 2 aromatic carbocycles. The van der Waals surface area contributed by atoms with Crippen molar-refractivity contribution in [2.75, 3.05) is 11.9 Å². The molecule has 1 atom stereocenters. The molecule has 1 heterocycles. The van der Waals surface area contributed by atoms with Crippen LogP contribution in [0.4, 0.5) is 16.2 Å². The number of carbonyl (C=O) groups is 3. The lowest BCUT2D eigenvalue weighted by Crippen LogP contribution is -2.42. The summed E-state index contributed by atoms with van der Waals surface area (Å²) in [6.45, 7) is 0.977. The molecule has 9 nitrogen and oxygen atoms in total. The third kappa shape index (κ3) is 3.81. The summed E-state index contributed by atoms with van der Waals surface area (Å²) in [4.78, 5) is 48.7. The van der Waals surface area contributed by atoms with Crippen LogP contribution in [0.25, 0.3) is 0 Å². The molecule has 1 aliphatic rings. The number of carbonyl (C=O) groups excluding carboxylic acids is 3. The lowest BCUT2D eigenvalue weighted by molar-refractivity contribution is -0.385. The molecule has 1 fully saturated rings. The fourth-order valence-corrected chi connectivity index (χ4v) is 3.42. The zero-order valence-electron chi connectivity index (χ0n) is 14.6. The van der Waals surface area contributed by atoms with Gasteiger partial charge in [0.05, 0.1) is 4.92 Å². The topological polar surface area (TPSA) is 122 Å². The van der Waals surface area contributed by atoms with Gasteiger partial charge in [0, 0.05) is 21.4 Å². The van der Waals surface area contributed by atoms with E-state index in [1.54, 1.807) is 18.2 Å². The van der Waals surface area contributed by atoms with E-state index in [0.29, 0.717) is 5.69 Å². The predicted octanol–water partition coefficient (Wildman–Crippen LogP) is 2.61. The average Bonchev–Trinajstić information content (AvgIpc) is 2.86. The van der Waals surface area contributed by atoms with Gasteiger partial charge in [-0.15, -0.1) is 0 Å². The Morgan fingerprint density at radius 3 is 2.64 bits per heavy atom. The highest BCUT2D eigenvalue weighted by Gasteiger charge is 2.49. The van der Waals surface area contributed by atoms with Crippen LogP contribution in [0.1, 0.15) is 12.5 Å². The van der Waals surface area contributed by atoms with Crippen LogP contribution in [0, 0.1) is 13.7 Å². The number of anilines is 1. The molecule has 1 unspecified atom stereocenters. The summed E-state index contributed by atoms with van der Waals surface area (Å²) >= 11 is 2.10. The SMILES string of the molecule is CC1(c2cccc([N+](=O)[O-])c2)NC(=O)N(CC(=O)Nc2cccc(I)c2)C1=O. The highest BCUT2D eigenvalue weighted by molar-refractivity contribution is 14.1. The minimum absolute atomic E-state index is 0.198. The Morgan fingerprint density at radius 2 is 1.96 bits per heavy atom. The lowest BCUT2D eigenvalue weighted by Gasteiger charge is -2.22. The molecule has 0 aliphatic carbocycles. The number of halogens is 1. The van der Waals surface area contributed by atoms with E-state index in [1.807, 2.05) is 6.07 Å². The first kappa shape index (κ1) is 19.7. The summed E-state index contributed by atoms with van der Waals surface area (Å²) in [5, 5.41) is 16.2. The van der Waals surface area contributed by atoms with Gasteiger partial charge in [0.25, 0.3) is 11.6 Å². The number of rotatable bonds is 5. The van der Waals surface area contributed by atoms with Crippen LogP contribution in [-0.2, 0) is 15.1 Å². The summed E-state index contributed by atoms with van der Waals surface area (Å²) in [5.41, 5.74) is -0.882. The molecule has 3 rings (SSSR count). The molecule has 10 heteroatoms. The van der Waals surface area contributed by atoms with Gasteiger partial charge in [-0.05, 0) is 53.3 Å². The number of nitro benzene ring substituents is 1. The number of non-ortho nitro benzene ring substituents is 1. The van der Waals surface area contributed by atoms with Crippen LogP contribution < -0.4 is 10.6 Å². The van der Waals surface area contributed by atoms with Crippen molar-refractivity contribution >= 4 is 51.8 Å². The number of nitro groups is 1. The van der Waals surface area contributed by atoms with Gasteiger partial charge in [0.2, 0.25) is 5.91 Å². The summed E-state index contributed by atoms with van der Waals surface area (Å²) in [5.74, 6) is -1.19. The number of nitrogens with zero attached hydrogens (tertiary/aromatic N) is 2. The van der Waals surface area contributed by atoms with Crippen LogP contribution in [0.5, 0.6) is 0 Å². The van der Waals surface area contributed by atoms with Gasteiger partial charge >= 0.3 is 6.03 Å². The van der Waals surface area contributed by atoms with Crippen molar-refractivity contribution in [3.63, 3.8) is 0 Å². The Hall–Kier alpha value is -3.02. The highest BCUT2D eigenvalue weighted by atomic mass is 127. The molecule has 4 amide bonds. The number of nitrogens with one attached hydrogen (secondary N) is 2. The third-order valence-electron chi connectivity index (χ3n) is 4.32. The van der Waals surface area contributed by atoms with Gasteiger partial charge in [-0.25, -0.2) is 4.79 Å². The molecule has 144 valence electrons. The third-order valence-corrected chi connectivity index (χ3v) is 4.99. The first-order chi connectivity index (χ1) is 13.2. The average molecular weight is 494 g/mol. The van der Waals surface area contributed by atoms with E-state index < -0.39 is 34.9 Å². The maximum Gasteiger partial charge on any atom is 0.325 e. The largest absolute Gasteiger partial charge is 0.325 e. The minimum atomic E-state index is -1.49. The summed E-state index contributed by atoms with van der Waals surface area (Å²) < 4.78 is 0.920. The van der Waals surface area contributed by atoms with Gasteiger partial charge in [-0.3, -0.25) is 24.6 Å². The second kappa shape index (κ2) is 7.54. The number of imide groups is 1. The van der Waals surface area contributed by atoms with Gasteiger partial charge in [0.1, 0.15) is 12.1 Å². The van der Waals surface area contributed by atoms with Crippen LogP contribution in [0.15, 0.2) is 48.5 Å². The van der Waals surface area contributed by atoms with Crippen molar-refractivity contribution in [2.24, 2.45) is 0 Å². The molecular weight excluding hydrogens is 479 g/mol. The number of hydrogen-bond acceptors (Lipinski definition) is 5. The molecule has 0 spiro atoms. The van der Waals surface area contributed by atoms with E-state index in [2.05, 4.69) is 33.2 Å². The standard InChI is InChI=1S/C18H15IN4O5/c1-18(11-4-2-7-14(8-11)23(27)28)16(25)22(17(26)21-18)10-15(24)20-13-6-3-5-12(19)9-13/h2-9H,10H2,1H3,(H,20,24)(H,21,26). The molecule has 28 heavy (non-hydrogen) atoms. The Balaban J connectivity index is 1.78. The van der Waals surface area contributed by atoms with Crippen molar-refractivity contribution < 1.29 is 19.3 Å². The Morgan fingerprint density at radius 1 is 1.25 bits per heavy atom. The molecule has 0 bridgehead atoms. The smallest absolute Gasteiger partial charge is 0.324 e. The maximum atomic E-state index is 12.9. The molecule has 1 aliphatic heterocycles. The van der Waals surface area contributed by atoms with E-state index >= 15 is 0 Å². The van der Waals surface area contributed by atoms with Crippen molar-refractivity contribution in [3.8, 4) is 0 Å². The quantitative estimate of drug-likeness (QED) is 0.287. The van der Waals surface area contributed by atoms with Crippen LogP contribution in [0.2, 0.25) is 0 Å². The molecule has 1 saturated heterocycles. The number of hydrogen-bond donors (Lipinski definition) is 2. The summed E-state index contributed by atoms with van der Waals surface area (Å²) in [7, 11) is 0. The molecule has 2 N–H and O–H groups in total. The minimum Gasteiger partial charge on any atom is -0.324 e. The first-order valence-corrected chi connectivity index (χ1v) is 9.23. The maximum absolute atomic E-state index is 12.9. The predicted molar refractivity (Wildman–Crippen MR) is 108 cm³/mol. The van der Waals surface area contributed by atoms with Gasteiger partial charge < -0.3 is 10.6 Å². The zero-order valence-corrected chi connectivity index (χ0v) is 16.8. The summed E-state index contributed by atoms with van der Waals surface area (Å²) in [6, 6.07) is 11.8. The van der Waals surface area contributed by atoms with Crippen molar-refractivity contribution in [1.82, 2.24) is 10.2 Å². The Kier molecular flexibility index (Phi) is 5.31. The lowest BCUT2D eigenvalue weighted by atomic mass is 9.91. The summed E-state index contributed by atoms with van der Waals surface area (Å²) in [6.07, 6.45) is 0. The van der Waals surface area contributed by atoms with E-state index in [-0.39, 0.29) is 11.3 Å². The van der Waals surface area contributed by atoms with Crippen molar-refractivity contribution in [2.45, 2.75) is 12.5 Å². The molecule has 0 radical (unpaired) electrons. The number of benzene rings is 2. The van der Waals surface area contributed by atoms with Crippen molar-refractivity contribution in [1.29, 1.82) is 0 Å². The second-order valence-corrected chi connectivity index (χ2v) is 7.56. The van der Waals surface area contributed by atoms with E-state index in [9.17, 15) is 24.5 Å². The number of urea groups is 1. The molecule has 0 aromatic heterocycles. The highest BCUT2D eigenvalue weighted by Crippen LogP contribution is 2.30. The van der Waals surface area contributed by atoms with E-state index in [0.717, 1.165) is 8.47 Å².